The Hall–Kier alpha value is -3.00. The molecule has 2 aromatic carbocycles. The molecule has 7 nitrogen and oxygen atoms in total. The van der Waals surface area contributed by atoms with E-state index in [-0.39, 0.29) is 25.0 Å². The lowest BCUT2D eigenvalue weighted by molar-refractivity contribution is -0.146. The third kappa shape index (κ3) is 3.87. The van der Waals surface area contributed by atoms with Gasteiger partial charge in [-0.15, -0.1) is 0 Å². The Morgan fingerprint density at radius 1 is 0.935 bits per heavy atom. The van der Waals surface area contributed by atoms with Crippen LogP contribution in [-0.2, 0) is 16.1 Å². The van der Waals surface area contributed by atoms with E-state index in [4.69, 9.17) is 9.47 Å². The predicted octanol–water partition coefficient (Wildman–Crippen LogP) is 2.91. The molecule has 1 fully saturated rings. The Kier molecular flexibility index (Phi) is 5.31. The Bertz CT molecular complexity index is 1140. The number of hydrogen-bond acceptors (Lipinski definition) is 4. The number of rotatable bonds is 3. The van der Waals surface area contributed by atoms with Crippen molar-refractivity contribution in [2.75, 3.05) is 32.8 Å². The highest BCUT2D eigenvalue weighted by atomic mass is 79.9. The summed E-state index contributed by atoms with van der Waals surface area (Å²) in [7, 11) is 0. The molecule has 2 aliphatic rings. The fourth-order valence-electron chi connectivity index (χ4n) is 4.09. The first kappa shape index (κ1) is 19.9. The van der Waals surface area contributed by atoms with Crippen molar-refractivity contribution in [2.45, 2.75) is 12.6 Å². The summed E-state index contributed by atoms with van der Waals surface area (Å²) in [5, 5.41) is 1.09. The molecule has 0 N–H and O–H groups in total. The van der Waals surface area contributed by atoms with Crippen LogP contribution in [0.4, 0.5) is 0 Å². The van der Waals surface area contributed by atoms with E-state index in [9.17, 15) is 9.59 Å². The van der Waals surface area contributed by atoms with Crippen LogP contribution in [0.5, 0.6) is 11.5 Å². The van der Waals surface area contributed by atoms with Crippen molar-refractivity contribution in [3.63, 3.8) is 0 Å². The minimum Gasteiger partial charge on any atom is -0.485 e. The number of para-hydroxylation sites is 2. The van der Waals surface area contributed by atoms with E-state index in [2.05, 4.69) is 15.9 Å². The Morgan fingerprint density at radius 3 is 2.48 bits per heavy atom. The molecule has 0 bridgehead atoms. The first-order chi connectivity index (χ1) is 15.1. The predicted molar refractivity (Wildman–Crippen MR) is 119 cm³/mol. The summed E-state index contributed by atoms with van der Waals surface area (Å²) >= 11 is 3.55. The average Bonchev–Trinajstić information content (AvgIpc) is 3.22. The lowest BCUT2D eigenvalue weighted by Crippen LogP contribution is -2.55. The van der Waals surface area contributed by atoms with Gasteiger partial charge in [0.1, 0.15) is 13.2 Å². The van der Waals surface area contributed by atoms with Gasteiger partial charge in [-0.25, -0.2) is 0 Å². The molecular formula is C23H22BrN3O4. The summed E-state index contributed by atoms with van der Waals surface area (Å²) in [6.45, 7) is 2.49. The van der Waals surface area contributed by atoms with E-state index in [1.165, 1.54) is 0 Å². The van der Waals surface area contributed by atoms with E-state index in [0.29, 0.717) is 37.7 Å². The SMILES string of the molecule is O=C(Cn1ccc2c(Br)cccc21)N1CCN(C(=O)[C@H]2COc3ccccc3O2)CC1. The number of fused-ring (bicyclic) bond motifs is 2. The maximum Gasteiger partial charge on any atom is 0.267 e. The number of aromatic nitrogens is 1. The summed E-state index contributed by atoms with van der Waals surface area (Å²) in [6.07, 6.45) is 1.28. The number of amides is 2. The van der Waals surface area contributed by atoms with E-state index in [1.54, 1.807) is 11.0 Å². The van der Waals surface area contributed by atoms with Crippen molar-refractivity contribution >= 4 is 38.6 Å². The Morgan fingerprint density at radius 2 is 1.68 bits per heavy atom. The van der Waals surface area contributed by atoms with Crippen LogP contribution in [0.15, 0.2) is 59.2 Å². The third-order valence-electron chi connectivity index (χ3n) is 5.79. The van der Waals surface area contributed by atoms with Gasteiger partial charge in [-0.2, -0.15) is 0 Å². The summed E-state index contributed by atoms with van der Waals surface area (Å²) in [5.74, 6) is 1.21. The van der Waals surface area contributed by atoms with E-state index in [1.807, 2.05) is 58.1 Å². The standard InChI is InChI=1S/C23H22BrN3O4/c24-17-4-3-5-18-16(17)8-9-27(18)14-22(28)25-10-12-26(13-11-25)23(29)21-15-30-19-6-1-2-7-20(19)31-21/h1-9,21H,10-15H2/t21-/m1/s1. The topological polar surface area (TPSA) is 64.0 Å². The molecule has 0 radical (unpaired) electrons. The second kappa shape index (κ2) is 8.26. The second-order valence-electron chi connectivity index (χ2n) is 7.69. The van der Waals surface area contributed by atoms with Crippen molar-refractivity contribution in [2.24, 2.45) is 0 Å². The molecule has 0 saturated carbocycles. The van der Waals surface area contributed by atoms with Gasteiger partial charge in [-0.1, -0.05) is 34.1 Å². The van der Waals surface area contributed by atoms with E-state index in [0.717, 1.165) is 15.4 Å². The number of carbonyl (C=O) groups excluding carboxylic acids is 2. The molecule has 160 valence electrons. The van der Waals surface area contributed by atoms with Crippen molar-refractivity contribution in [3.05, 3.63) is 59.2 Å². The summed E-state index contributed by atoms with van der Waals surface area (Å²) in [4.78, 5) is 29.3. The van der Waals surface area contributed by atoms with Crippen LogP contribution >= 0.6 is 15.9 Å². The lowest BCUT2D eigenvalue weighted by Gasteiger charge is -2.37. The van der Waals surface area contributed by atoms with Gasteiger partial charge in [0.2, 0.25) is 12.0 Å². The average molecular weight is 484 g/mol. The molecule has 8 heteroatoms. The van der Waals surface area contributed by atoms with E-state index >= 15 is 0 Å². The van der Waals surface area contributed by atoms with Gasteiger partial charge >= 0.3 is 0 Å². The maximum atomic E-state index is 12.9. The normalized spacial score (nSPS) is 18.3. The molecule has 2 amide bonds. The number of benzene rings is 2. The fourth-order valence-corrected chi connectivity index (χ4v) is 4.58. The molecule has 1 saturated heterocycles. The van der Waals surface area contributed by atoms with Crippen molar-refractivity contribution in [1.29, 1.82) is 0 Å². The number of ether oxygens (including phenoxy) is 2. The van der Waals surface area contributed by atoms with Crippen molar-refractivity contribution in [1.82, 2.24) is 14.4 Å². The summed E-state index contributed by atoms with van der Waals surface area (Å²) in [5.41, 5.74) is 1.02. The molecule has 1 aromatic heterocycles. The molecule has 3 heterocycles. The van der Waals surface area contributed by atoms with Crippen molar-refractivity contribution in [3.8, 4) is 11.5 Å². The quantitative estimate of drug-likeness (QED) is 0.574. The Balaban J connectivity index is 1.18. The molecule has 2 aliphatic heterocycles. The van der Waals surface area contributed by atoms with Crippen LogP contribution in [-0.4, -0.2) is 65.1 Å². The van der Waals surface area contributed by atoms with E-state index < -0.39 is 6.10 Å². The number of nitrogens with zero attached hydrogens (tertiary/aromatic N) is 3. The minimum absolute atomic E-state index is 0.0516. The molecule has 1 atom stereocenters. The molecule has 0 aliphatic carbocycles. The van der Waals surface area contributed by atoms with Crippen molar-refractivity contribution < 1.29 is 19.1 Å². The van der Waals surface area contributed by atoms with Crippen LogP contribution in [0, 0.1) is 0 Å². The van der Waals surface area contributed by atoms with Crippen LogP contribution in [0.25, 0.3) is 10.9 Å². The number of carbonyl (C=O) groups is 2. The minimum atomic E-state index is -0.651. The monoisotopic (exact) mass is 483 g/mol. The van der Waals surface area contributed by atoms with Gasteiger partial charge in [0, 0.05) is 47.8 Å². The number of hydrogen-bond donors (Lipinski definition) is 0. The molecule has 0 unspecified atom stereocenters. The second-order valence-corrected chi connectivity index (χ2v) is 8.54. The fraction of sp³-hybridized carbons (Fsp3) is 0.304. The highest BCUT2D eigenvalue weighted by Crippen LogP contribution is 2.31. The third-order valence-corrected chi connectivity index (χ3v) is 6.49. The molecule has 3 aromatic rings. The van der Waals surface area contributed by atoms with Gasteiger partial charge in [0.25, 0.3) is 5.91 Å². The highest BCUT2D eigenvalue weighted by molar-refractivity contribution is 9.10. The van der Waals surface area contributed by atoms with Gasteiger partial charge in [-0.3, -0.25) is 9.59 Å². The largest absolute Gasteiger partial charge is 0.485 e. The number of piperazine rings is 1. The zero-order valence-corrected chi connectivity index (χ0v) is 18.5. The molecule has 0 spiro atoms. The van der Waals surface area contributed by atoms with Gasteiger partial charge in [0.15, 0.2) is 11.5 Å². The zero-order valence-electron chi connectivity index (χ0n) is 16.9. The number of halogens is 1. The van der Waals surface area contributed by atoms with Gasteiger partial charge in [0.05, 0.1) is 0 Å². The van der Waals surface area contributed by atoms with Crippen LogP contribution in [0.3, 0.4) is 0 Å². The van der Waals surface area contributed by atoms with Gasteiger partial charge < -0.3 is 23.8 Å². The molecular weight excluding hydrogens is 462 g/mol. The maximum absolute atomic E-state index is 12.9. The van der Waals surface area contributed by atoms with Crippen LogP contribution < -0.4 is 9.47 Å². The summed E-state index contributed by atoms with van der Waals surface area (Å²) < 4.78 is 14.5. The van der Waals surface area contributed by atoms with Crippen LogP contribution in [0.1, 0.15) is 0 Å². The highest BCUT2D eigenvalue weighted by Gasteiger charge is 2.33. The smallest absolute Gasteiger partial charge is 0.267 e. The molecule has 31 heavy (non-hydrogen) atoms. The van der Waals surface area contributed by atoms with Crippen LogP contribution in [0.2, 0.25) is 0 Å². The van der Waals surface area contributed by atoms with Gasteiger partial charge in [-0.05, 0) is 30.3 Å². The first-order valence-corrected chi connectivity index (χ1v) is 11.1. The molecule has 5 rings (SSSR count). The zero-order chi connectivity index (χ0) is 21.4. The summed E-state index contributed by atoms with van der Waals surface area (Å²) in [6, 6.07) is 15.3. The first-order valence-electron chi connectivity index (χ1n) is 10.3. The Labute approximate surface area is 188 Å². The lowest BCUT2D eigenvalue weighted by atomic mass is 10.2.